The van der Waals surface area contributed by atoms with Gasteiger partial charge in [0, 0.05) is 38.3 Å². The number of nitrogens with one attached hydrogen (secondary N) is 1. The molecule has 5 nitrogen and oxygen atoms in total. The van der Waals surface area contributed by atoms with Crippen molar-refractivity contribution in [3.05, 3.63) is 23.5 Å². The molecule has 0 bridgehead atoms. The van der Waals surface area contributed by atoms with E-state index in [-0.39, 0.29) is 12.0 Å². The number of aromatic nitrogens is 1. The van der Waals surface area contributed by atoms with Gasteiger partial charge in [-0.15, -0.1) is 0 Å². The summed E-state index contributed by atoms with van der Waals surface area (Å²) in [6, 6.07) is 4.49. The van der Waals surface area contributed by atoms with Crippen LogP contribution in [0, 0.1) is 6.92 Å². The molecule has 1 atom stereocenters. The highest BCUT2D eigenvalue weighted by atomic mass is 16.5. The maximum absolute atomic E-state index is 11.9. The molecule has 1 aliphatic carbocycles. The van der Waals surface area contributed by atoms with Crippen molar-refractivity contribution in [1.82, 2.24) is 15.2 Å². The summed E-state index contributed by atoms with van der Waals surface area (Å²) in [7, 11) is 1.81. The first-order valence-electron chi connectivity index (χ1n) is 7.25. The molecule has 0 aromatic carbocycles. The van der Waals surface area contributed by atoms with Crippen LogP contribution in [0.1, 0.15) is 30.7 Å². The molecule has 1 N–H and O–H groups in total. The highest BCUT2D eigenvalue weighted by Gasteiger charge is 2.31. The van der Waals surface area contributed by atoms with E-state index in [9.17, 15) is 4.79 Å². The molecule has 1 aromatic rings. The molecule has 1 aliphatic heterocycles. The van der Waals surface area contributed by atoms with E-state index in [0.717, 1.165) is 30.1 Å². The zero-order valence-electron chi connectivity index (χ0n) is 12.1. The van der Waals surface area contributed by atoms with Crippen molar-refractivity contribution in [2.45, 2.75) is 44.9 Å². The molecule has 108 valence electrons. The molecule has 0 radical (unpaired) electrons. The van der Waals surface area contributed by atoms with Crippen LogP contribution in [-0.4, -0.2) is 41.5 Å². The lowest BCUT2D eigenvalue weighted by atomic mass is 10.2. The van der Waals surface area contributed by atoms with Gasteiger partial charge in [-0.1, -0.05) is 0 Å². The molecule has 0 spiro atoms. The van der Waals surface area contributed by atoms with E-state index >= 15 is 0 Å². The minimum atomic E-state index is -0.357. The lowest BCUT2D eigenvalue weighted by Gasteiger charge is -2.16. The van der Waals surface area contributed by atoms with Crippen LogP contribution in [0.25, 0.3) is 0 Å². The highest BCUT2D eigenvalue weighted by Crippen LogP contribution is 2.24. The van der Waals surface area contributed by atoms with Crippen LogP contribution in [0.15, 0.2) is 12.1 Å². The van der Waals surface area contributed by atoms with Gasteiger partial charge in [-0.25, -0.2) is 0 Å². The third kappa shape index (κ3) is 2.93. The van der Waals surface area contributed by atoms with Crippen molar-refractivity contribution in [1.29, 1.82) is 0 Å². The second kappa shape index (κ2) is 5.40. The van der Waals surface area contributed by atoms with Gasteiger partial charge in [0.1, 0.15) is 5.75 Å². The van der Waals surface area contributed by atoms with Gasteiger partial charge in [-0.3, -0.25) is 9.78 Å². The average molecular weight is 275 g/mol. The molecular formula is C15H21N3O2. The first kappa shape index (κ1) is 13.4. The largest absolute Gasteiger partial charge is 0.479 e. The van der Waals surface area contributed by atoms with Gasteiger partial charge in [-0.05, 0) is 31.9 Å². The normalized spacial score (nSPS) is 22.4. The highest BCUT2D eigenvalue weighted by molar-refractivity contribution is 5.83. The van der Waals surface area contributed by atoms with Gasteiger partial charge < -0.3 is 15.0 Å². The number of likely N-dealkylation sites (tertiary alicyclic amines) is 1. The second-order valence-corrected chi connectivity index (χ2v) is 5.71. The quantitative estimate of drug-likeness (QED) is 0.879. The Balaban J connectivity index is 1.72. The number of amides is 1. The Morgan fingerprint density at radius 2 is 2.20 bits per heavy atom. The van der Waals surface area contributed by atoms with E-state index in [2.05, 4.69) is 10.3 Å². The van der Waals surface area contributed by atoms with E-state index in [4.69, 9.17) is 4.74 Å². The van der Waals surface area contributed by atoms with E-state index in [0.29, 0.717) is 12.6 Å². The van der Waals surface area contributed by atoms with Gasteiger partial charge in [0.25, 0.3) is 5.91 Å². The third-order valence-electron chi connectivity index (χ3n) is 3.85. The molecule has 1 saturated carbocycles. The molecule has 20 heavy (non-hydrogen) atoms. The molecule has 2 heterocycles. The van der Waals surface area contributed by atoms with Crippen molar-refractivity contribution in [3.63, 3.8) is 0 Å². The standard InChI is InChI=1S/C15H21N3O2/c1-10-3-6-13(12(17-10)9-16-11-4-5-11)20-14-7-8-18(2)15(14)19/h3,6,11,14,16H,4-5,7-9H2,1-2H3. The van der Waals surface area contributed by atoms with Crippen molar-refractivity contribution < 1.29 is 9.53 Å². The number of hydrogen-bond donors (Lipinski definition) is 1. The predicted molar refractivity (Wildman–Crippen MR) is 75.5 cm³/mol. The number of hydrogen-bond acceptors (Lipinski definition) is 4. The van der Waals surface area contributed by atoms with Gasteiger partial charge in [-0.2, -0.15) is 0 Å². The van der Waals surface area contributed by atoms with Crippen LogP contribution in [-0.2, 0) is 11.3 Å². The van der Waals surface area contributed by atoms with Gasteiger partial charge in [0.05, 0.1) is 5.69 Å². The fourth-order valence-electron chi connectivity index (χ4n) is 2.41. The van der Waals surface area contributed by atoms with E-state index in [1.54, 1.807) is 4.90 Å². The number of nitrogens with zero attached hydrogens (tertiary/aromatic N) is 2. The fraction of sp³-hybridized carbons (Fsp3) is 0.600. The van der Waals surface area contributed by atoms with Crippen LogP contribution in [0.5, 0.6) is 5.75 Å². The number of likely N-dealkylation sites (N-methyl/N-ethyl adjacent to an activating group) is 1. The smallest absolute Gasteiger partial charge is 0.263 e. The third-order valence-corrected chi connectivity index (χ3v) is 3.85. The van der Waals surface area contributed by atoms with Gasteiger partial charge >= 0.3 is 0 Å². The van der Waals surface area contributed by atoms with E-state index in [1.165, 1.54) is 12.8 Å². The van der Waals surface area contributed by atoms with Crippen molar-refractivity contribution in [3.8, 4) is 5.75 Å². The van der Waals surface area contributed by atoms with Crippen molar-refractivity contribution in [2.75, 3.05) is 13.6 Å². The fourth-order valence-corrected chi connectivity index (χ4v) is 2.41. The maximum atomic E-state index is 11.9. The Bertz CT molecular complexity index is 514. The van der Waals surface area contributed by atoms with Crippen LogP contribution in [0.2, 0.25) is 0 Å². The number of carbonyl (C=O) groups excluding carboxylic acids is 1. The summed E-state index contributed by atoms with van der Waals surface area (Å²) in [5.74, 6) is 0.795. The Morgan fingerprint density at radius 3 is 2.85 bits per heavy atom. The Kier molecular flexibility index (Phi) is 3.61. The molecule has 1 unspecified atom stereocenters. The Morgan fingerprint density at radius 1 is 1.40 bits per heavy atom. The summed E-state index contributed by atoms with van der Waals surface area (Å²) in [6.07, 6.45) is 2.88. The molecule has 1 saturated heterocycles. The second-order valence-electron chi connectivity index (χ2n) is 5.71. The number of ether oxygens (including phenoxy) is 1. The van der Waals surface area contributed by atoms with Crippen LogP contribution >= 0.6 is 0 Å². The summed E-state index contributed by atoms with van der Waals surface area (Å²) in [5, 5.41) is 3.45. The number of carbonyl (C=O) groups is 1. The first-order chi connectivity index (χ1) is 9.63. The van der Waals surface area contributed by atoms with Crippen LogP contribution in [0.4, 0.5) is 0 Å². The number of rotatable bonds is 5. The molecule has 5 heteroatoms. The number of pyridine rings is 1. The molecule has 1 aromatic heterocycles. The summed E-state index contributed by atoms with van der Waals surface area (Å²) in [4.78, 5) is 18.2. The van der Waals surface area contributed by atoms with Crippen molar-refractivity contribution >= 4 is 5.91 Å². The van der Waals surface area contributed by atoms with E-state index < -0.39 is 0 Å². The monoisotopic (exact) mass is 275 g/mol. The Hall–Kier alpha value is -1.62. The lowest BCUT2D eigenvalue weighted by molar-refractivity contribution is -0.132. The van der Waals surface area contributed by atoms with Crippen molar-refractivity contribution in [2.24, 2.45) is 0 Å². The first-order valence-corrected chi connectivity index (χ1v) is 7.25. The maximum Gasteiger partial charge on any atom is 0.263 e. The van der Waals surface area contributed by atoms with E-state index in [1.807, 2.05) is 26.1 Å². The van der Waals surface area contributed by atoms with Gasteiger partial charge in [0.2, 0.25) is 0 Å². The predicted octanol–water partition coefficient (Wildman–Crippen LogP) is 1.25. The van der Waals surface area contributed by atoms with Crippen LogP contribution < -0.4 is 10.1 Å². The molecule has 2 fully saturated rings. The summed E-state index contributed by atoms with van der Waals surface area (Å²) >= 11 is 0. The Labute approximate surface area is 119 Å². The zero-order valence-corrected chi connectivity index (χ0v) is 12.1. The van der Waals surface area contributed by atoms with Gasteiger partial charge in [0.15, 0.2) is 6.10 Å². The van der Waals surface area contributed by atoms with Crippen LogP contribution in [0.3, 0.4) is 0 Å². The molecule has 2 aliphatic rings. The molecular weight excluding hydrogens is 254 g/mol. The minimum Gasteiger partial charge on any atom is -0.479 e. The summed E-state index contributed by atoms with van der Waals surface area (Å²) in [5.41, 5.74) is 1.87. The molecule has 3 rings (SSSR count). The average Bonchev–Trinajstić information content (AvgIpc) is 3.21. The summed E-state index contributed by atoms with van der Waals surface area (Å²) < 4.78 is 5.90. The number of aryl methyl sites for hydroxylation is 1. The minimum absolute atomic E-state index is 0.0617. The lowest BCUT2D eigenvalue weighted by Crippen LogP contribution is -2.30. The topological polar surface area (TPSA) is 54.5 Å². The molecule has 1 amide bonds. The summed E-state index contributed by atoms with van der Waals surface area (Å²) in [6.45, 7) is 3.44. The zero-order chi connectivity index (χ0) is 14.1. The SMILES string of the molecule is Cc1ccc(OC2CCN(C)C2=O)c(CNC2CC2)n1.